The minimum atomic E-state index is -1.04. The van der Waals surface area contributed by atoms with Gasteiger partial charge < -0.3 is 14.6 Å². The molecule has 43 heavy (non-hydrogen) atoms. The molecule has 5 aromatic rings. The third kappa shape index (κ3) is 5.23. The van der Waals surface area contributed by atoms with Crippen LogP contribution in [0.3, 0.4) is 0 Å². The lowest BCUT2D eigenvalue weighted by molar-refractivity contribution is -0.132. The average Bonchev–Trinajstić information content (AvgIpc) is 3.54. The fourth-order valence-corrected chi connectivity index (χ4v) is 6.45. The number of aliphatic hydroxyl groups excluding tert-OH is 1. The van der Waals surface area contributed by atoms with E-state index in [1.54, 1.807) is 18.2 Å². The molecule has 1 saturated heterocycles. The summed E-state index contributed by atoms with van der Waals surface area (Å²) in [6.07, 6.45) is 0. The lowest BCUT2D eigenvalue weighted by atomic mass is 9.95. The van der Waals surface area contributed by atoms with Crippen LogP contribution in [0.5, 0.6) is 11.5 Å². The third-order valence-electron chi connectivity index (χ3n) is 7.33. The van der Waals surface area contributed by atoms with Crippen LogP contribution in [-0.4, -0.2) is 28.9 Å². The fourth-order valence-electron chi connectivity index (χ4n) is 5.28. The summed E-state index contributed by atoms with van der Waals surface area (Å²) < 4.78 is 26.2. The number of aromatic nitrogens is 1. The van der Waals surface area contributed by atoms with Gasteiger partial charge >= 0.3 is 5.91 Å². The summed E-state index contributed by atoms with van der Waals surface area (Å²) in [6.45, 7) is 4.23. The Morgan fingerprint density at radius 2 is 1.72 bits per heavy atom. The molecule has 1 N–H and O–H groups in total. The molecule has 2 heterocycles. The highest BCUT2D eigenvalue weighted by Gasteiger charge is 2.48. The average molecular weight is 595 g/mol. The van der Waals surface area contributed by atoms with Gasteiger partial charge in [0.25, 0.3) is 5.78 Å². The van der Waals surface area contributed by atoms with E-state index in [9.17, 15) is 19.1 Å². The molecule has 0 radical (unpaired) electrons. The van der Waals surface area contributed by atoms with Crippen molar-refractivity contribution in [1.82, 2.24) is 4.98 Å². The molecule has 7 nitrogen and oxygen atoms in total. The van der Waals surface area contributed by atoms with Gasteiger partial charge in [0, 0.05) is 5.56 Å². The Morgan fingerprint density at radius 1 is 0.977 bits per heavy atom. The normalized spacial score (nSPS) is 16.2. The molecule has 1 aliphatic rings. The molecular formula is C34H27FN2O5S. The maximum atomic E-state index is 13.7. The van der Waals surface area contributed by atoms with Gasteiger partial charge in [0.1, 0.15) is 18.2 Å². The summed E-state index contributed by atoms with van der Waals surface area (Å²) in [4.78, 5) is 33.4. The number of fused-ring (bicyclic) bond motifs is 1. The van der Waals surface area contributed by atoms with E-state index in [1.165, 1.54) is 47.6 Å². The molecule has 216 valence electrons. The van der Waals surface area contributed by atoms with Gasteiger partial charge in [-0.3, -0.25) is 14.5 Å². The van der Waals surface area contributed by atoms with Gasteiger partial charge in [-0.15, -0.1) is 0 Å². The number of thiazole rings is 1. The van der Waals surface area contributed by atoms with Crippen LogP contribution in [0.4, 0.5) is 9.52 Å². The van der Waals surface area contributed by atoms with E-state index in [-0.39, 0.29) is 11.1 Å². The van der Waals surface area contributed by atoms with Crippen LogP contribution in [0.15, 0.2) is 90.5 Å². The Balaban J connectivity index is 1.49. The molecule has 0 saturated carbocycles. The molecule has 6 rings (SSSR count). The second-order valence-corrected chi connectivity index (χ2v) is 11.3. The summed E-state index contributed by atoms with van der Waals surface area (Å²) in [5.74, 6) is -1.76. The van der Waals surface area contributed by atoms with Crippen LogP contribution in [0.2, 0.25) is 0 Å². The molecule has 0 aliphatic carbocycles. The molecule has 4 aromatic carbocycles. The largest absolute Gasteiger partial charge is 0.507 e. The standard InChI is InChI=1S/C34H27FN2O5S/c1-19-15-20(2)29-27(16-19)43-34(36-29)37-30(28(32(39)33(37)40)31(38)22-9-12-24(35)13-10-22)23-11-14-25(26(17-23)41-3)42-18-21-7-5-4-6-8-21/h4-17,30,38H,18H2,1-3H3/b31-28+. The van der Waals surface area contributed by atoms with Crippen molar-refractivity contribution in [3.8, 4) is 11.5 Å². The highest BCUT2D eigenvalue weighted by molar-refractivity contribution is 7.22. The number of ether oxygens (including phenoxy) is 2. The Kier molecular flexibility index (Phi) is 7.41. The zero-order valence-electron chi connectivity index (χ0n) is 23.6. The fraction of sp³-hybridized carbons (Fsp3) is 0.147. The van der Waals surface area contributed by atoms with E-state index in [0.29, 0.717) is 28.8 Å². The number of Topliss-reactive ketones (excluding diaryl/α,β-unsaturated/α-hetero) is 1. The number of carbonyl (C=O) groups excluding carboxylic acids is 2. The SMILES string of the molecule is COc1cc(C2/C(=C(\O)c3ccc(F)cc3)C(=O)C(=O)N2c2nc3c(C)cc(C)cc3s2)ccc1OCc1ccccc1. The van der Waals surface area contributed by atoms with Crippen LogP contribution in [0.25, 0.3) is 16.0 Å². The summed E-state index contributed by atoms with van der Waals surface area (Å²) in [7, 11) is 1.50. The molecule has 1 aliphatic heterocycles. The Bertz CT molecular complexity index is 1900. The number of hydrogen-bond acceptors (Lipinski definition) is 7. The molecule has 0 spiro atoms. The van der Waals surface area contributed by atoms with Gasteiger partial charge in [-0.25, -0.2) is 9.37 Å². The maximum Gasteiger partial charge on any atom is 0.301 e. The molecule has 1 aromatic heterocycles. The number of aliphatic hydroxyl groups is 1. The van der Waals surface area contributed by atoms with Crippen LogP contribution >= 0.6 is 11.3 Å². The zero-order valence-corrected chi connectivity index (χ0v) is 24.4. The molecule has 1 fully saturated rings. The number of methoxy groups -OCH3 is 1. The van der Waals surface area contributed by atoms with Crippen LogP contribution in [-0.2, 0) is 16.2 Å². The molecule has 0 bridgehead atoms. The van der Waals surface area contributed by atoms with Crippen molar-refractivity contribution in [3.05, 3.63) is 124 Å². The van der Waals surface area contributed by atoms with Crippen molar-refractivity contribution in [2.45, 2.75) is 26.5 Å². The predicted octanol–water partition coefficient (Wildman–Crippen LogP) is 7.27. The number of rotatable bonds is 7. The summed E-state index contributed by atoms with van der Waals surface area (Å²) >= 11 is 1.29. The van der Waals surface area contributed by atoms with Crippen LogP contribution < -0.4 is 14.4 Å². The smallest absolute Gasteiger partial charge is 0.301 e. The van der Waals surface area contributed by atoms with Gasteiger partial charge in [-0.1, -0.05) is 53.8 Å². The molecule has 1 amide bonds. The quantitative estimate of drug-likeness (QED) is 0.121. The molecule has 1 unspecified atom stereocenters. The Hall–Kier alpha value is -5.02. The highest BCUT2D eigenvalue weighted by Crippen LogP contribution is 2.46. The topological polar surface area (TPSA) is 89.0 Å². The van der Waals surface area contributed by atoms with Gasteiger partial charge in [0.2, 0.25) is 0 Å². The number of amides is 1. The van der Waals surface area contributed by atoms with Crippen molar-refractivity contribution >= 4 is 44.1 Å². The predicted molar refractivity (Wildman–Crippen MR) is 164 cm³/mol. The number of carbonyl (C=O) groups is 2. The van der Waals surface area contributed by atoms with E-state index in [4.69, 9.17) is 14.5 Å². The van der Waals surface area contributed by atoms with E-state index in [0.717, 1.165) is 26.9 Å². The summed E-state index contributed by atoms with van der Waals surface area (Å²) in [5.41, 5.74) is 4.26. The van der Waals surface area contributed by atoms with Crippen molar-refractivity contribution in [1.29, 1.82) is 0 Å². The number of benzene rings is 4. The monoisotopic (exact) mass is 594 g/mol. The van der Waals surface area contributed by atoms with E-state index >= 15 is 0 Å². The van der Waals surface area contributed by atoms with E-state index in [1.807, 2.05) is 56.3 Å². The summed E-state index contributed by atoms with van der Waals surface area (Å²) in [6, 6.07) is 22.8. The second kappa shape index (κ2) is 11.3. The third-order valence-corrected chi connectivity index (χ3v) is 8.33. The van der Waals surface area contributed by atoms with Crippen molar-refractivity contribution in [2.24, 2.45) is 0 Å². The maximum absolute atomic E-state index is 13.7. The van der Waals surface area contributed by atoms with Crippen LogP contribution in [0.1, 0.15) is 33.9 Å². The number of aryl methyl sites for hydroxylation is 2. The zero-order chi connectivity index (χ0) is 30.2. The molecule has 1 atom stereocenters. The van der Waals surface area contributed by atoms with Gasteiger partial charge in [0.15, 0.2) is 16.6 Å². The number of nitrogens with zero attached hydrogens (tertiary/aromatic N) is 2. The Labute approximate surface area is 251 Å². The van der Waals surface area contributed by atoms with Crippen LogP contribution in [0, 0.1) is 19.7 Å². The van der Waals surface area contributed by atoms with Crippen molar-refractivity contribution < 1.29 is 28.6 Å². The van der Waals surface area contributed by atoms with Gasteiger partial charge in [0.05, 0.1) is 28.9 Å². The minimum absolute atomic E-state index is 0.135. The number of ketones is 1. The first-order valence-electron chi connectivity index (χ1n) is 13.5. The van der Waals surface area contributed by atoms with Crippen molar-refractivity contribution in [3.63, 3.8) is 0 Å². The highest BCUT2D eigenvalue weighted by atomic mass is 32.1. The van der Waals surface area contributed by atoms with Gasteiger partial charge in [-0.05, 0) is 78.6 Å². The second-order valence-electron chi connectivity index (χ2n) is 10.3. The molecular weight excluding hydrogens is 567 g/mol. The van der Waals surface area contributed by atoms with E-state index < -0.39 is 29.3 Å². The lowest BCUT2D eigenvalue weighted by Crippen LogP contribution is -2.29. The first kappa shape index (κ1) is 28.1. The Morgan fingerprint density at radius 3 is 2.44 bits per heavy atom. The minimum Gasteiger partial charge on any atom is -0.507 e. The first-order chi connectivity index (χ1) is 20.7. The summed E-state index contributed by atoms with van der Waals surface area (Å²) in [5, 5.41) is 11.7. The first-order valence-corrected chi connectivity index (χ1v) is 14.4. The van der Waals surface area contributed by atoms with Crippen molar-refractivity contribution in [2.75, 3.05) is 12.0 Å². The number of halogens is 1. The number of anilines is 1. The molecule has 9 heteroatoms. The lowest BCUT2D eigenvalue weighted by Gasteiger charge is -2.24. The van der Waals surface area contributed by atoms with E-state index in [2.05, 4.69) is 0 Å². The number of hydrogen-bond donors (Lipinski definition) is 1. The van der Waals surface area contributed by atoms with Gasteiger partial charge in [-0.2, -0.15) is 0 Å².